The second kappa shape index (κ2) is 5.54. The summed E-state index contributed by atoms with van der Waals surface area (Å²) in [6.45, 7) is 6.11. The van der Waals surface area contributed by atoms with E-state index < -0.39 is 0 Å². The molecule has 4 heteroatoms. The molecule has 1 aromatic heterocycles. The molecular formula is C18H18N2OS. The fourth-order valence-corrected chi connectivity index (χ4v) is 3.23. The Balaban J connectivity index is 1.94. The smallest absolute Gasteiger partial charge is 0.258 e. The van der Waals surface area contributed by atoms with Gasteiger partial charge in [-0.1, -0.05) is 6.07 Å². The molecule has 0 saturated heterocycles. The van der Waals surface area contributed by atoms with Crippen molar-refractivity contribution >= 4 is 33.1 Å². The van der Waals surface area contributed by atoms with E-state index in [1.54, 1.807) is 16.2 Å². The highest BCUT2D eigenvalue weighted by Crippen LogP contribution is 2.24. The fraction of sp³-hybridized carbons (Fsp3) is 0.222. The zero-order chi connectivity index (χ0) is 15.9. The fourth-order valence-electron chi connectivity index (χ4n) is 2.42. The van der Waals surface area contributed by atoms with Crippen LogP contribution in [0.15, 0.2) is 36.4 Å². The molecule has 0 atom stereocenters. The molecular weight excluding hydrogens is 292 g/mol. The van der Waals surface area contributed by atoms with Gasteiger partial charge in [0.05, 0.1) is 15.2 Å². The van der Waals surface area contributed by atoms with Crippen molar-refractivity contribution in [2.24, 2.45) is 0 Å². The number of aromatic nitrogens is 1. The molecule has 3 nitrogen and oxygen atoms in total. The molecule has 0 bridgehead atoms. The van der Waals surface area contributed by atoms with Gasteiger partial charge in [-0.25, -0.2) is 4.98 Å². The van der Waals surface area contributed by atoms with Crippen LogP contribution in [0.1, 0.15) is 26.5 Å². The van der Waals surface area contributed by atoms with Crippen LogP contribution in [0, 0.1) is 20.8 Å². The van der Waals surface area contributed by atoms with Crippen molar-refractivity contribution in [3.05, 3.63) is 58.1 Å². The number of hydrogen-bond acceptors (Lipinski definition) is 3. The van der Waals surface area contributed by atoms with Gasteiger partial charge in [0.25, 0.3) is 5.91 Å². The van der Waals surface area contributed by atoms with Crippen LogP contribution < -0.4 is 4.90 Å². The van der Waals surface area contributed by atoms with E-state index in [4.69, 9.17) is 0 Å². The van der Waals surface area contributed by atoms with Gasteiger partial charge in [-0.05, 0) is 62.2 Å². The lowest BCUT2D eigenvalue weighted by Gasteiger charge is -2.18. The number of aryl methyl sites for hydroxylation is 3. The minimum atomic E-state index is -0.0178. The second-order valence-corrected chi connectivity index (χ2v) is 6.78. The Bertz CT molecular complexity index is 867. The van der Waals surface area contributed by atoms with Crippen molar-refractivity contribution in [3.8, 4) is 0 Å². The Morgan fingerprint density at radius 2 is 1.82 bits per heavy atom. The Morgan fingerprint density at radius 1 is 1.05 bits per heavy atom. The molecule has 0 fully saturated rings. The van der Waals surface area contributed by atoms with Crippen LogP contribution in [0.3, 0.4) is 0 Å². The number of benzene rings is 2. The van der Waals surface area contributed by atoms with Crippen molar-refractivity contribution < 1.29 is 4.79 Å². The molecule has 22 heavy (non-hydrogen) atoms. The molecule has 3 rings (SSSR count). The van der Waals surface area contributed by atoms with Crippen LogP contribution in [0.2, 0.25) is 0 Å². The first kappa shape index (κ1) is 14.7. The largest absolute Gasteiger partial charge is 0.311 e. The van der Waals surface area contributed by atoms with Gasteiger partial charge in [0, 0.05) is 18.3 Å². The SMILES string of the molecule is Cc1nc2cc(C(=O)N(C)c3ccc(C)c(C)c3)ccc2s1. The van der Waals surface area contributed by atoms with E-state index in [0.717, 1.165) is 20.9 Å². The van der Waals surface area contributed by atoms with Crippen LogP contribution in [0.25, 0.3) is 10.2 Å². The van der Waals surface area contributed by atoms with Crippen LogP contribution in [0.5, 0.6) is 0 Å². The third kappa shape index (κ3) is 2.62. The lowest BCUT2D eigenvalue weighted by Crippen LogP contribution is -2.26. The lowest BCUT2D eigenvalue weighted by atomic mass is 10.1. The zero-order valence-corrected chi connectivity index (χ0v) is 14.0. The number of carbonyl (C=O) groups is 1. The normalized spacial score (nSPS) is 10.9. The third-order valence-electron chi connectivity index (χ3n) is 3.92. The highest BCUT2D eigenvalue weighted by atomic mass is 32.1. The van der Waals surface area contributed by atoms with E-state index in [-0.39, 0.29) is 5.91 Å². The van der Waals surface area contributed by atoms with Crippen LogP contribution in [-0.2, 0) is 0 Å². The minimum Gasteiger partial charge on any atom is -0.311 e. The van der Waals surface area contributed by atoms with Crippen molar-refractivity contribution in [1.29, 1.82) is 0 Å². The minimum absolute atomic E-state index is 0.0178. The molecule has 0 aliphatic carbocycles. The lowest BCUT2D eigenvalue weighted by molar-refractivity contribution is 0.0993. The average Bonchev–Trinajstić information content (AvgIpc) is 2.87. The number of thiazole rings is 1. The maximum atomic E-state index is 12.7. The topological polar surface area (TPSA) is 33.2 Å². The van der Waals surface area contributed by atoms with E-state index in [2.05, 4.69) is 18.8 Å². The van der Waals surface area contributed by atoms with Crippen LogP contribution in [0.4, 0.5) is 5.69 Å². The number of amides is 1. The number of carbonyl (C=O) groups excluding carboxylic acids is 1. The first-order valence-electron chi connectivity index (χ1n) is 7.18. The van der Waals surface area contributed by atoms with Gasteiger partial charge in [-0.2, -0.15) is 0 Å². The average molecular weight is 310 g/mol. The van der Waals surface area contributed by atoms with Gasteiger partial charge in [-0.15, -0.1) is 11.3 Å². The molecule has 0 spiro atoms. The van der Waals surface area contributed by atoms with Gasteiger partial charge in [0.2, 0.25) is 0 Å². The maximum Gasteiger partial charge on any atom is 0.258 e. The van der Waals surface area contributed by atoms with E-state index in [1.165, 1.54) is 11.1 Å². The predicted octanol–water partition coefficient (Wildman–Crippen LogP) is 4.50. The van der Waals surface area contributed by atoms with Gasteiger partial charge >= 0.3 is 0 Å². The van der Waals surface area contributed by atoms with Gasteiger partial charge in [0.1, 0.15) is 0 Å². The number of fused-ring (bicyclic) bond motifs is 1. The Hall–Kier alpha value is -2.20. The van der Waals surface area contributed by atoms with Crippen molar-refractivity contribution in [1.82, 2.24) is 4.98 Å². The van der Waals surface area contributed by atoms with Crippen LogP contribution in [-0.4, -0.2) is 17.9 Å². The summed E-state index contributed by atoms with van der Waals surface area (Å²) in [5, 5.41) is 1.02. The number of anilines is 1. The summed E-state index contributed by atoms with van der Waals surface area (Å²) in [4.78, 5) is 18.8. The molecule has 0 saturated carbocycles. The highest BCUT2D eigenvalue weighted by molar-refractivity contribution is 7.18. The quantitative estimate of drug-likeness (QED) is 0.698. The summed E-state index contributed by atoms with van der Waals surface area (Å²) in [7, 11) is 1.81. The van der Waals surface area contributed by atoms with Gasteiger partial charge in [-0.3, -0.25) is 4.79 Å². The van der Waals surface area contributed by atoms with E-state index in [0.29, 0.717) is 5.56 Å². The number of nitrogens with zero attached hydrogens (tertiary/aromatic N) is 2. The molecule has 1 amide bonds. The first-order valence-corrected chi connectivity index (χ1v) is 8.00. The second-order valence-electron chi connectivity index (χ2n) is 5.55. The predicted molar refractivity (Wildman–Crippen MR) is 93.0 cm³/mol. The molecule has 0 unspecified atom stereocenters. The summed E-state index contributed by atoms with van der Waals surface area (Å²) in [6, 6.07) is 11.8. The number of hydrogen-bond donors (Lipinski definition) is 0. The monoisotopic (exact) mass is 310 g/mol. The van der Waals surface area contributed by atoms with E-state index >= 15 is 0 Å². The first-order chi connectivity index (χ1) is 10.5. The maximum absolute atomic E-state index is 12.7. The van der Waals surface area contributed by atoms with Gasteiger partial charge in [0.15, 0.2) is 0 Å². The standard InChI is InChI=1S/C18H18N2OS/c1-11-5-7-15(9-12(11)2)20(4)18(21)14-6-8-17-16(10-14)19-13(3)22-17/h5-10H,1-4H3. The summed E-state index contributed by atoms with van der Waals surface area (Å²) in [5.41, 5.74) is 4.87. The van der Waals surface area contributed by atoms with E-state index in [1.807, 2.05) is 50.4 Å². The molecule has 0 radical (unpaired) electrons. The van der Waals surface area contributed by atoms with Gasteiger partial charge < -0.3 is 4.90 Å². The highest BCUT2D eigenvalue weighted by Gasteiger charge is 2.15. The summed E-state index contributed by atoms with van der Waals surface area (Å²) < 4.78 is 1.11. The molecule has 0 aliphatic heterocycles. The van der Waals surface area contributed by atoms with Crippen LogP contribution >= 0.6 is 11.3 Å². The zero-order valence-electron chi connectivity index (χ0n) is 13.2. The van der Waals surface area contributed by atoms with E-state index in [9.17, 15) is 4.79 Å². The molecule has 0 aliphatic rings. The third-order valence-corrected chi connectivity index (χ3v) is 4.88. The summed E-state index contributed by atoms with van der Waals surface area (Å²) in [6.07, 6.45) is 0. The Kier molecular flexibility index (Phi) is 3.71. The molecule has 3 aromatic rings. The molecule has 112 valence electrons. The van der Waals surface area contributed by atoms with Crippen molar-refractivity contribution in [2.75, 3.05) is 11.9 Å². The summed E-state index contributed by atoms with van der Waals surface area (Å²) in [5.74, 6) is -0.0178. The molecule has 2 aromatic carbocycles. The summed E-state index contributed by atoms with van der Waals surface area (Å²) >= 11 is 1.64. The van der Waals surface area contributed by atoms with Crippen molar-refractivity contribution in [2.45, 2.75) is 20.8 Å². The number of rotatable bonds is 2. The van der Waals surface area contributed by atoms with Crippen molar-refractivity contribution in [3.63, 3.8) is 0 Å². The Labute approximate surface area is 134 Å². The Morgan fingerprint density at radius 3 is 2.55 bits per heavy atom. The molecule has 1 heterocycles. The molecule has 0 N–H and O–H groups in total.